The first-order valence-corrected chi connectivity index (χ1v) is 17.3. The van der Waals surface area contributed by atoms with Gasteiger partial charge < -0.3 is 10.2 Å². The largest absolute Gasteiger partial charge is 0.505 e. The summed E-state index contributed by atoms with van der Waals surface area (Å²) in [5.41, 5.74) is 6.86. The van der Waals surface area contributed by atoms with Crippen molar-refractivity contribution in [2.45, 2.75) is 99.3 Å². The lowest BCUT2D eigenvalue weighted by atomic mass is 9.71. The summed E-state index contributed by atoms with van der Waals surface area (Å²) in [4.78, 5) is 1.55. The highest BCUT2D eigenvalue weighted by Crippen LogP contribution is 2.43. The Hall–Kier alpha value is -4.65. The number of aromatic hydroxyl groups is 2. The van der Waals surface area contributed by atoms with Crippen molar-refractivity contribution in [3.8, 4) is 22.9 Å². The van der Waals surface area contributed by atoms with E-state index in [0.717, 1.165) is 51.5 Å². The van der Waals surface area contributed by atoms with Crippen LogP contribution < -0.4 is 0 Å². The summed E-state index contributed by atoms with van der Waals surface area (Å²) in [6.07, 6.45) is 4.14. The Morgan fingerprint density at radius 3 is 1.49 bits per heavy atom. The zero-order valence-corrected chi connectivity index (χ0v) is 30.8. The fourth-order valence-electron chi connectivity index (χ4n) is 7.85. The van der Waals surface area contributed by atoms with Crippen molar-refractivity contribution >= 4 is 21.9 Å². The maximum absolute atomic E-state index is 12.0. The maximum atomic E-state index is 12.0. The van der Waals surface area contributed by atoms with Crippen molar-refractivity contribution in [2.75, 3.05) is 0 Å². The number of hydrogen-bond acceptors (Lipinski definition) is 5. The summed E-state index contributed by atoms with van der Waals surface area (Å²) in [7, 11) is 0. The maximum Gasteiger partial charge on any atom is 0.146 e. The van der Waals surface area contributed by atoms with Gasteiger partial charge in [0.2, 0.25) is 0 Å². The average molecular weight is 658 g/mol. The summed E-state index contributed by atoms with van der Waals surface area (Å²) >= 11 is 0. The number of nitrogens with zero attached hydrogens (tertiary/aromatic N) is 5. The predicted octanol–water partition coefficient (Wildman–Crippen LogP) is 10.2. The SMILES string of the molecule is CC(C)(C)CC(C)(C)c1cc(Cc2cc(C(C)(C)CC(C)(C)C)cc(-n3nc4ccccc4n3)c2O)c(O)c(-n2cc3ccccc3n2)c1. The molecule has 0 aliphatic heterocycles. The number of benzene rings is 4. The van der Waals surface area contributed by atoms with Crippen molar-refractivity contribution < 1.29 is 10.2 Å². The summed E-state index contributed by atoms with van der Waals surface area (Å²) < 4.78 is 1.79. The fourth-order valence-corrected chi connectivity index (χ4v) is 7.85. The minimum atomic E-state index is -0.221. The number of rotatable bonds is 8. The van der Waals surface area contributed by atoms with Gasteiger partial charge in [-0.25, -0.2) is 4.68 Å². The molecule has 4 aromatic carbocycles. The molecule has 0 aliphatic carbocycles. The zero-order valence-electron chi connectivity index (χ0n) is 30.8. The third-order valence-corrected chi connectivity index (χ3v) is 9.39. The first-order valence-electron chi connectivity index (χ1n) is 17.3. The van der Waals surface area contributed by atoms with Crippen molar-refractivity contribution in [3.63, 3.8) is 0 Å². The average Bonchev–Trinajstić information content (AvgIpc) is 3.61. The molecule has 0 aliphatic rings. The Bertz CT molecular complexity index is 1930. The Kier molecular flexibility index (Phi) is 8.41. The molecule has 0 saturated heterocycles. The lowest BCUT2D eigenvalue weighted by molar-refractivity contribution is 0.283. The van der Waals surface area contributed by atoms with Crippen molar-refractivity contribution in [3.05, 3.63) is 101 Å². The van der Waals surface area contributed by atoms with Gasteiger partial charge in [0.05, 0.1) is 5.52 Å². The van der Waals surface area contributed by atoms with Gasteiger partial charge in [0.25, 0.3) is 0 Å². The van der Waals surface area contributed by atoms with Crippen LogP contribution in [-0.4, -0.2) is 35.0 Å². The zero-order chi connectivity index (χ0) is 35.5. The van der Waals surface area contributed by atoms with Gasteiger partial charge in [0.1, 0.15) is 33.9 Å². The van der Waals surface area contributed by atoms with Crippen LogP contribution in [0.1, 0.15) is 104 Å². The first kappa shape index (κ1) is 34.2. The first-order chi connectivity index (χ1) is 22.8. The molecule has 7 nitrogen and oxygen atoms in total. The van der Waals surface area contributed by atoms with E-state index < -0.39 is 0 Å². The van der Waals surface area contributed by atoms with E-state index >= 15 is 0 Å². The smallest absolute Gasteiger partial charge is 0.146 e. The Morgan fingerprint density at radius 2 is 1.00 bits per heavy atom. The van der Waals surface area contributed by atoms with E-state index in [-0.39, 0.29) is 33.2 Å². The van der Waals surface area contributed by atoms with E-state index in [1.54, 1.807) is 9.48 Å². The predicted molar refractivity (Wildman–Crippen MR) is 200 cm³/mol. The summed E-state index contributed by atoms with van der Waals surface area (Å²) in [6.45, 7) is 22.5. The van der Waals surface area contributed by atoms with Crippen LogP contribution in [0.4, 0.5) is 0 Å². The van der Waals surface area contributed by atoms with E-state index in [2.05, 4.69) is 87.4 Å². The minimum Gasteiger partial charge on any atom is -0.505 e. The van der Waals surface area contributed by atoms with Gasteiger partial charge in [-0.3, -0.25) is 0 Å². The van der Waals surface area contributed by atoms with Gasteiger partial charge in [0.15, 0.2) is 0 Å². The van der Waals surface area contributed by atoms with Crippen LogP contribution in [0.3, 0.4) is 0 Å². The van der Waals surface area contributed by atoms with Crippen molar-refractivity contribution in [2.24, 2.45) is 10.8 Å². The molecule has 49 heavy (non-hydrogen) atoms. The van der Waals surface area contributed by atoms with Gasteiger partial charge >= 0.3 is 0 Å². The number of phenolic OH excluding ortho intramolecular Hbond substituents is 2. The molecule has 0 unspecified atom stereocenters. The Morgan fingerprint density at radius 1 is 0.551 bits per heavy atom. The van der Waals surface area contributed by atoms with Crippen LogP contribution in [0.2, 0.25) is 0 Å². The molecule has 0 fully saturated rings. The molecule has 0 spiro atoms. The van der Waals surface area contributed by atoms with Gasteiger partial charge in [0, 0.05) is 29.1 Å². The molecule has 0 saturated carbocycles. The molecule has 6 aromatic rings. The fraction of sp³-hybridized carbons (Fsp3) is 0.405. The van der Waals surface area contributed by atoms with E-state index in [4.69, 9.17) is 15.3 Å². The summed E-state index contributed by atoms with van der Waals surface area (Å²) in [6, 6.07) is 24.0. The molecule has 0 bridgehead atoms. The molecule has 2 heterocycles. The summed E-state index contributed by atoms with van der Waals surface area (Å²) in [5, 5.41) is 39.4. The van der Waals surface area contributed by atoms with Gasteiger partial charge in [-0.15, -0.1) is 15.0 Å². The third-order valence-electron chi connectivity index (χ3n) is 9.39. The third kappa shape index (κ3) is 7.22. The monoisotopic (exact) mass is 657 g/mol. The molecule has 0 radical (unpaired) electrons. The molecule has 7 heteroatoms. The van der Waals surface area contributed by atoms with Crippen LogP contribution in [0.5, 0.6) is 11.5 Å². The lowest BCUT2D eigenvalue weighted by Crippen LogP contribution is -2.25. The highest BCUT2D eigenvalue weighted by atomic mass is 16.3. The lowest BCUT2D eigenvalue weighted by Gasteiger charge is -2.34. The minimum absolute atomic E-state index is 0.0772. The second-order valence-corrected chi connectivity index (χ2v) is 17.5. The van der Waals surface area contributed by atoms with Crippen molar-refractivity contribution in [1.29, 1.82) is 0 Å². The van der Waals surface area contributed by atoms with Crippen LogP contribution in [0.15, 0.2) is 79.0 Å². The van der Waals surface area contributed by atoms with E-state index in [9.17, 15) is 10.2 Å². The topological polar surface area (TPSA) is 89.0 Å². The van der Waals surface area contributed by atoms with Gasteiger partial charge in [-0.05, 0) is 76.0 Å². The normalized spacial score (nSPS) is 13.1. The number of fused-ring (bicyclic) bond motifs is 2. The molecule has 2 aromatic heterocycles. The quantitative estimate of drug-likeness (QED) is 0.170. The number of hydrogen-bond donors (Lipinski definition) is 2. The summed E-state index contributed by atoms with van der Waals surface area (Å²) in [5.74, 6) is 0.243. The Labute approximate surface area is 290 Å². The number of phenols is 2. The highest BCUT2D eigenvalue weighted by molar-refractivity contribution is 5.79. The van der Waals surface area contributed by atoms with Crippen LogP contribution in [0, 0.1) is 10.8 Å². The van der Waals surface area contributed by atoms with Crippen LogP contribution in [0.25, 0.3) is 33.3 Å². The Balaban J connectivity index is 1.55. The van der Waals surface area contributed by atoms with Crippen LogP contribution >= 0.6 is 0 Å². The van der Waals surface area contributed by atoms with E-state index in [1.165, 1.54) is 0 Å². The molecule has 6 rings (SSSR count). The van der Waals surface area contributed by atoms with Gasteiger partial charge in [-0.2, -0.15) is 5.10 Å². The molecule has 2 N–H and O–H groups in total. The van der Waals surface area contributed by atoms with E-state index in [1.807, 2.05) is 60.8 Å². The molecular weight excluding hydrogens is 606 g/mol. The molecule has 256 valence electrons. The molecular formula is C42H51N5O2. The molecule has 0 atom stereocenters. The van der Waals surface area contributed by atoms with Gasteiger partial charge in [-0.1, -0.05) is 112 Å². The second kappa shape index (κ2) is 12.0. The number of aromatic nitrogens is 5. The van der Waals surface area contributed by atoms with Crippen molar-refractivity contribution in [1.82, 2.24) is 24.8 Å². The second-order valence-electron chi connectivity index (χ2n) is 17.5. The highest BCUT2D eigenvalue weighted by Gasteiger charge is 2.32. The van der Waals surface area contributed by atoms with E-state index in [0.29, 0.717) is 23.4 Å². The standard InChI is InChI=1S/C42H51N5O2/c1-39(2,3)25-41(7,8)30-20-28(37(48)35(22-30)46-24-27-15-11-12-16-32(27)43-46)19-29-21-31(42(9,10)26-40(4,5)6)23-36(38(29)49)47-44-33-17-13-14-18-34(33)45-47/h11-18,20-24,48-49H,19,25-26H2,1-10H3. The molecule has 0 amide bonds. The van der Waals surface area contributed by atoms with Crippen LogP contribution in [-0.2, 0) is 17.3 Å².